The molecular formula is C15H13ClF2N4OS. The van der Waals surface area contributed by atoms with E-state index in [4.69, 9.17) is 11.6 Å². The summed E-state index contributed by atoms with van der Waals surface area (Å²) in [5, 5.41) is 3.74. The maximum absolute atomic E-state index is 14.2. The quantitative estimate of drug-likeness (QED) is 0.728. The summed E-state index contributed by atoms with van der Waals surface area (Å²) < 4.78 is 28.8. The summed E-state index contributed by atoms with van der Waals surface area (Å²) in [6.07, 6.45) is -0.449. The highest BCUT2D eigenvalue weighted by Gasteiger charge is 2.25. The molecule has 0 aliphatic carbocycles. The number of hydrogen-bond acceptors (Lipinski definition) is 5. The molecule has 2 aromatic rings. The fourth-order valence-corrected chi connectivity index (χ4v) is 3.50. The van der Waals surface area contributed by atoms with Crippen LogP contribution in [0.15, 0.2) is 29.3 Å². The van der Waals surface area contributed by atoms with Crippen molar-refractivity contribution in [3.8, 4) is 0 Å². The molecule has 1 amide bonds. The molecule has 1 unspecified atom stereocenters. The van der Waals surface area contributed by atoms with Gasteiger partial charge in [0, 0.05) is 12.5 Å². The van der Waals surface area contributed by atoms with E-state index in [1.807, 2.05) is 0 Å². The van der Waals surface area contributed by atoms with Crippen LogP contribution in [0.25, 0.3) is 0 Å². The number of benzene rings is 1. The van der Waals surface area contributed by atoms with Crippen molar-refractivity contribution in [2.45, 2.75) is 13.1 Å². The summed E-state index contributed by atoms with van der Waals surface area (Å²) in [6, 6.07) is 5.27. The number of amides is 1. The van der Waals surface area contributed by atoms with Crippen LogP contribution in [0.2, 0.25) is 4.34 Å². The van der Waals surface area contributed by atoms with Crippen molar-refractivity contribution in [2.24, 2.45) is 4.99 Å². The second kappa shape index (κ2) is 6.84. The molecule has 5 nitrogen and oxygen atoms in total. The maximum atomic E-state index is 14.2. The van der Waals surface area contributed by atoms with Crippen molar-refractivity contribution < 1.29 is 13.6 Å². The Morgan fingerprint density at radius 2 is 2.12 bits per heavy atom. The lowest BCUT2D eigenvalue weighted by atomic mass is 10.0. The number of nitrogens with zero attached hydrogens (tertiary/aromatic N) is 1. The number of carbonyl (C=O) groups excluding carboxylic acids is 1. The summed E-state index contributed by atoms with van der Waals surface area (Å²) >= 11 is 7.29. The van der Waals surface area contributed by atoms with Crippen LogP contribution in [-0.4, -0.2) is 24.3 Å². The minimum atomic E-state index is -0.699. The van der Waals surface area contributed by atoms with Gasteiger partial charge in [0.05, 0.1) is 22.2 Å². The van der Waals surface area contributed by atoms with Gasteiger partial charge in [0.2, 0.25) is 5.91 Å². The molecule has 24 heavy (non-hydrogen) atoms. The number of hydrogen-bond donors (Lipinski definition) is 3. The van der Waals surface area contributed by atoms with Gasteiger partial charge in [0.25, 0.3) is 0 Å². The predicted octanol–water partition coefficient (Wildman–Crippen LogP) is 2.91. The van der Waals surface area contributed by atoms with E-state index in [-0.39, 0.29) is 23.7 Å². The largest absolute Gasteiger partial charge is 0.358 e. The zero-order chi connectivity index (χ0) is 17.3. The summed E-state index contributed by atoms with van der Waals surface area (Å²) in [5.41, 5.74) is 5.73. The minimum Gasteiger partial charge on any atom is -0.358 e. The average Bonchev–Trinajstić information content (AvgIpc) is 2.79. The number of halogens is 3. The van der Waals surface area contributed by atoms with Gasteiger partial charge >= 0.3 is 0 Å². The molecule has 3 rings (SSSR count). The fourth-order valence-electron chi connectivity index (χ4n) is 2.32. The molecule has 3 N–H and O–H groups in total. The zero-order valence-electron chi connectivity index (χ0n) is 12.5. The Hall–Kier alpha value is -2.03. The van der Waals surface area contributed by atoms with E-state index in [1.165, 1.54) is 36.5 Å². The number of fused-ring (bicyclic) bond motifs is 1. The Kier molecular flexibility index (Phi) is 4.79. The average molecular weight is 371 g/mol. The number of rotatable bonds is 3. The fraction of sp³-hybridized carbons (Fsp3) is 0.200. The van der Waals surface area contributed by atoms with E-state index in [0.717, 1.165) is 0 Å². The van der Waals surface area contributed by atoms with E-state index >= 15 is 0 Å². The first kappa shape index (κ1) is 16.8. The first-order valence-corrected chi connectivity index (χ1v) is 8.22. The molecule has 0 fully saturated rings. The summed E-state index contributed by atoms with van der Waals surface area (Å²) in [4.78, 5) is 15.4. The van der Waals surface area contributed by atoms with Gasteiger partial charge < -0.3 is 5.32 Å². The molecule has 1 aromatic carbocycles. The van der Waals surface area contributed by atoms with E-state index < -0.39 is 17.8 Å². The molecule has 126 valence electrons. The highest BCUT2D eigenvalue weighted by Crippen LogP contribution is 2.36. The van der Waals surface area contributed by atoms with Crippen molar-refractivity contribution in [1.29, 1.82) is 0 Å². The summed E-state index contributed by atoms with van der Waals surface area (Å²) in [6.45, 7) is 1.52. The van der Waals surface area contributed by atoms with Gasteiger partial charge in [-0.25, -0.2) is 14.2 Å². The molecule has 9 heteroatoms. The molecule has 0 spiro atoms. The first-order chi connectivity index (χ1) is 11.5. The third kappa shape index (κ3) is 3.40. The van der Waals surface area contributed by atoms with E-state index in [2.05, 4.69) is 21.2 Å². The van der Waals surface area contributed by atoms with Gasteiger partial charge in [0.1, 0.15) is 22.8 Å². The molecule has 1 atom stereocenters. The molecule has 1 aliphatic heterocycles. The number of thiophene rings is 1. The smallest absolute Gasteiger partial charge is 0.231 e. The number of hydrazine groups is 1. The van der Waals surface area contributed by atoms with Crippen molar-refractivity contribution in [2.75, 3.05) is 11.9 Å². The second-order valence-electron chi connectivity index (χ2n) is 5.10. The molecule has 1 aromatic heterocycles. The zero-order valence-corrected chi connectivity index (χ0v) is 14.1. The van der Waals surface area contributed by atoms with Gasteiger partial charge in [-0.2, -0.15) is 0 Å². The van der Waals surface area contributed by atoms with E-state index in [0.29, 0.717) is 14.9 Å². The molecular weight excluding hydrogens is 358 g/mol. The van der Waals surface area contributed by atoms with Gasteiger partial charge in [-0.3, -0.25) is 15.2 Å². The lowest BCUT2D eigenvalue weighted by molar-refractivity contribution is -0.120. The topological polar surface area (TPSA) is 65.5 Å². The Labute approximate surface area is 145 Å². The Bertz CT molecular complexity index is 804. The van der Waals surface area contributed by atoms with Crippen molar-refractivity contribution in [1.82, 2.24) is 10.9 Å². The monoisotopic (exact) mass is 370 g/mol. The molecule has 2 heterocycles. The van der Waals surface area contributed by atoms with Crippen molar-refractivity contribution >= 4 is 39.6 Å². The van der Waals surface area contributed by atoms with Gasteiger partial charge in [-0.1, -0.05) is 17.7 Å². The van der Waals surface area contributed by atoms with Crippen LogP contribution in [0.3, 0.4) is 0 Å². The lowest BCUT2D eigenvalue weighted by Crippen LogP contribution is -2.48. The second-order valence-corrected chi connectivity index (χ2v) is 6.79. The van der Waals surface area contributed by atoms with E-state index in [9.17, 15) is 13.6 Å². The lowest BCUT2D eigenvalue weighted by Gasteiger charge is -2.17. The molecule has 1 aliphatic rings. The Balaban J connectivity index is 2.04. The maximum Gasteiger partial charge on any atom is 0.231 e. The van der Waals surface area contributed by atoms with Crippen molar-refractivity contribution in [3.63, 3.8) is 0 Å². The minimum absolute atomic E-state index is 0.155. The van der Waals surface area contributed by atoms with Crippen LogP contribution in [0, 0.1) is 11.6 Å². The van der Waals surface area contributed by atoms with Gasteiger partial charge in [-0.15, -0.1) is 11.3 Å². The highest BCUT2D eigenvalue weighted by atomic mass is 35.5. The number of nitrogens with one attached hydrogen (secondary N) is 3. The molecule has 0 bridgehead atoms. The summed E-state index contributed by atoms with van der Waals surface area (Å²) in [5.74, 6) is -1.67. The molecule has 0 radical (unpaired) electrons. The van der Waals surface area contributed by atoms with Crippen LogP contribution < -0.4 is 16.2 Å². The van der Waals surface area contributed by atoms with E-state index in [1.54, 1.807) is 6.07 Å². The Morgan fingerprint density at radius 1 is 1.42 bits per heavy atom. The standard InChI is InChI=1S/C15H13ClF2N4OS/c1-7(23)21-22-12-6-19-14(8-5-11(16)24-15(8)20-12)13-9(17)3-2-4-10(13)18/h2-5,12,20,22H,6H2,1H3,(H,21,23). The Morgan fingerprint density at radius 3 is 2.79 bits per heavy atom. The third-order valence-corrected chi connectivity index (χ3v) is 4.51. The normalized spacial score (nSPS) is 16.7. The third-order valence-electron chi connectivity index (χ3n) is 3.32. The van der Waals surface area contributed by atoms with Gasteiger partial charge in [0.15, 0.2) is 0 Å². The van der Waals surface area contributed by atoms with Gasteiger partial charge in [-0.05, 0) is 18.2 Å². The molecule has 0 saturated heterocycles. The predicted molar refractivity (Wildman–Crippen MR) is 90.6 cm³/mol. The van der Waals surface area contributed by atoms with Crippen LogP contribution in [0.5, 0.6) is 0 Å². The van der Waals surface area contributed by atoms with Crippen LogP contribution in [0.1, 0.15) is 18.1 Å². The number of carbonyl (C=O) groups is 1. The van der Waals surface area contributed by atoms with Crippen LogP contribution in [-0.2, 0) is 4.79 Å². The molecule has 0 saturated carbocycles. The number of anilines is 1. The highest BCUT2D eigenvalue weighted by molar-refractivity contribution is 7.20. The number of aliphatic imine (C=N–C) groups is 1. The first-order valence-electron chi connectivity index (χ1n) is 7.03. The SMILES string of the molecule is CC(=O)NNC1CN=C(c2c(F)cccc2F)c2cc(Cl)sc2N1. The van der Waals surface area contributed by atoms with Crippen molar-refractivity contribution in [3.05, 3.63) is 51.4 Å². The summed E-state index contributed by atoms with van der Waals surface area (Å²) in [7, 11) is 0. The van der Waals surface area contributed by atoms with Crippen LogP contribution in [0.4, 0.5) is 13.8 Å². The van der Waals surface area contributed by atoms with Crippen LogP contribution >= 0.6 is 22.9 Å².